The van der Waals surface area contributed by atoms with Crippen LogP contribution in [-0.2, 0) is 9.59 Å². The molecule has 0 radical (unpaired) electrons. The van der Waals surface area contributed by atoms with Crippen LogP contribution >= 0.6 is 0 Å². The maximum Gasteiger partial charge on any atom is 0.237 e. The van der Waals surface area contributed by atoms with Crippen LogP contribution in [0, 0.1) is 5.92 Å². The van der Waals surface area contributed by atoms with E-state index in [1.165, 1.54) is 4.90 Å². The highest BCUT2D eigenvalue weighted by Gasteiger charge is 2.42. The predicted molar refractivity (Wildman–Crippen MR) is 88.5 cm³/mol. The van der Waals surface area contributed by atoms with Crippen LogP contribution in [-0.4, -0.2) is 18.9 Å². The number of nitrogens with zero attached hydrogens (tertiary/aromatic N) is 1. The number of amides is 2. The monoisotopic (exact) mass is 309 g/mol. The lowest BCUT2D eigenvalue weighted by molar-refractivity contribution is -0.122. The molecule has 2 atom stereocenters. The molecule has 2 aromatic rings. The topological polar surface area (TPSA) is 46.6 Å². The molecular weight excluding hydrogens is 290 g/mol. The zero-order valence-electron chi connectivity index (χ0n) is 13.2. The average Bonchev–Trinajstić information content (AvgIpc) is 2.89. The summed E-state index contributed by atoms with van der Waals surface area (Å²) in [7, 11) is 1.58. The van der Waals surface area contributed by atoms with E-state index in [-0.39, 0.29) is 30.1 Å². The van der Waals surface area contributed by atoms with E-state index in [2.05, 4.69) is 0 Å². The Morgan fingerprint density at radius 3 is 2.30 bits per heavy atom. The summed E-state index contributed by atoms with van der Waals surface area (Å²) in [4.78, 5) is 26.4. The molecule has 0 spiro atoms. The second kappa shape index (κ2) is 6.24. The number of methoxy groups -OCH3 is 1. The normalized spacial score (nSPS) is 19.0. The Morgan fingerprint density at radius 2 is 1.70 bits per heavy atom. The second-order valence-electron chi connectivity index (χ2n) is 5.78. The first kappa shape index (κ1) is 15.3. The molecule has 4 nitrogen and oxygen atoms in total. The van der Waals surface area contributed by atoms with Crippen molar-refractivity contribution in [3.8, 4) is 5.75 Å². The van der Waals surface area contributed by atoms with Crippen molar-refractivity contribution in [2.75, 3.05) is 12.0 Å². The van der Waals surface area contributed by atoms with Gasteiger partial charge in [-0.05, 0) is 35.7 Å². The molecule has 1 saturated heterocycles. The maximum atomic E-state index is 12.8. The van der Waals surface area contributed by atoms with Crippen LogP contribution in [0.5, 0.6) is 5.75 Å². The first-order valence-electron chi connectivity index (χ1n) is 7.67. The quantitative estimate of drug-likeness (QED) is 0.813. The summed E-state index contributed by atoms with van der Waals surface area (Å²) in [5.74, 6) is 0.120. The van der Waals surface area contributed by atoms with Gasteiger partial charge in [-0.15, -0.1) is 0 Å². The predicted octanol–water partition coefficient (Wildman–Crippen LogP) is 3.38. The number of anilines is 1. The van der Waals surface area contributed by atoms with Crippen LogP contribution in [0.4, 0.5) is 5.69 Å². The van der Waals surface area contributed by atoms with Gasteiger partial charge in [-0.2, -0.15) is 0 Å². The Labute approximate surface area is 135 Å². The molecule has 1 aliphatic rings. The third kappa shape index (κ3) is 2.84. The molecule has 2 unspecified atom stereocenters. The number of imide groups is 1. The van der Waals surface area contributed by atoms with Crippen LogP contribution in [0.1, 0.15) is 24.8 Å². The van der Waals surface area contributed by atoms with Crippen molar-refractivity contribution in [3.63, 3.8) is 0 Å². The van der Waals surface area contributed by atoms with E-state index in [1.54, 1.807) is 31.4 Å². The van der Waals surface area contributed by atoms with Crippen LogP contribution in [0.15, 0.2) is 54.6 Å². The van der Waals surface area contributed by atoms with E-state index >= 15 is 0 Å². The van der Waals surface area contributed by atoms with Crippen molar-refractivity contribution >= 4 is 17.5 Å². The molecule has 0 bridgehead atoms. The standard InChI is InChI=1S/C19H19NO3/c1-13(14-6-4-3-5-7-14)17-12-18(21)20(19(17)22)15-8-10-16(23-2)11-9-15/h3-11,13,17H,12H2,1-2H3. The average molecular weight is 309 g/mol. The van der Waals surface area contributed by atoms with E-state index in [4.69, 9.17) is 4.74 Å². The van der Waals surface area contributed by atoms with Gasteiger partial charge in [-0.1, -0.05) is 37.3 Å². The summed E-state index contributed by atoms with van der Waals surface area (Å²) in [5, 5.41) is 0. The number of benzene rings is 2. The van der Waals surface area contributed by atoms with Gasteiger partial charge in [0.25, 0.3) is 0 Å². The highest BCUT2D eigenvalue weighted by atomic mass is 16.5. The van der Waals surface area contributed by atoms with E-state index in [1.807, 2.05) is 37.3 Å². The zero-order chi connectivity index (χ0) is 16.4. The van der Waals surface area contributed by atoms with Gasteiger partial charge in [0.2, 0.25) is 11.8 Å². The molecule has 0 aromatic heterocycles. The second-order valence-corrected chi connectivity index (χ2v) is 5.78. The van der Waals surface area contributed by atoms with Crippen molar-refractivity contribution in [1.82, 2.24) is 0 Å². The third-order valence-corrected chi connectivity index (χ3v) is 4.44. The summed E-state index contributed by atoms with van der Waals surface area (Å²) >= 11 is 0. The first-order valence-corrected chi connectivity index (χ1v) is 7.67. The fraction of sp³-hybridized carbons (Fsp3) is 0.263. The van der Waals surface area contributed by atoms with Crippen molar-refractivity contribution in [2.24, 2.45) is 5.92 Å². The molecule has 2 aromatic carbocycles. The smallest absolute Gasteiger partial charge is 0.237 e. The van der Waals surface area contributed by atoms with Gasteiger partial charge in [0, 0.05) is 6.42 Å². The van der Waals surface area contributed by atoms with Crippen molar-refractivity contribution in [2.45, 2.75) is 19.3 Å². The Balaban J connectivity index is 1.84. The van der Waals surface area contributed by atoms with E-state index in [0.29, 0.717) is 11.4 Å². The fourth-order valence-electron chi connectivity index (χ4n) is 3.04. The molecule has 1 aliphatic heterocycles. The van der Waals surface area contributed by atoms with E-state index in [9.17, 15) is 9.59 Å². The third-order valence-electron chi connectivity index (χ3n) is 4.44. The number of carbonyl (C=O) groups excluding carboxylic acids is 2. The SMILES string of the molecule is COc1ccc(N2C(=O)CC(C(C)c3ccccc3)C2=O)cc1. The molecular formula is C19H19NO3. The Hall–Kier alpha value is -2.62. The van der Waals surface area contributed by atoms with Gasteiger partial charge in [-0.25, -0.2) is 0 Å². The number of carbonyl (C=O) groups is 2. The minimum absolute atomic E-state index is 0.0101. The highest BCUT2D eigenvalue weighted by Crippen LogP contribution is 2.36. The molecule has 23 heavy (non-hydrogen) atoms. The molecule has 4 heteroatoms. The molecule has 0 saturated carbocycles. The van der Waals surface area contributed by atoms with Crippen LogP contribution in [0.3, 0.4) is 0 Å². The lowest BCUT2D eigenvalue weighted by Crippen LogP contribution is -2.31. The van der Waals surface area contributed by atoms with Gasteiger partial charge < -0.3 is 4.74 Å². The minimum Gasteiger partial charge on any atom is -0.497 e. The fourth-order valence-corrected chi connectivity index (χ4v) is 3.04. The largest absolute Gasteiger partial charge is 0.497 e. The summed E-state index contributed by atoms with van der Waals surface area (Å²) in [6.07, 6.45) is 0.251. The van der Waals surface area contributed by atoms with Crippen molar-refractivity contribution in [1.29, 1.82) is 0 Å². The zero-order valence-corrected chi connectivity index (χ0v) is 13.2. The van der Waals surface area contributed by atoms with Gasteiger partial charge in [-0.3, -0.25) is 14.5 Å². The molecule has 1 fully saturated rings. The van der Waals surface area contributed by atoms with Crippen LogP contribution < -0.4 is 9.64 Å². The lowest BCUT2D eigenvalue weighted by atomic mass is 9.86. The summed E-state index contributed by atoms with van der Waals surface area (Å²) in [5.41, 5.74) is 1.68. The van der Waals surface area contributed by atoms with Gasteiger partial charge in [0.05, 0.1) is 18.7 Å². The van der Waals surface area contributed by atoms with Crippen LogP contribution in [0.25, 0.3) is 0 Å². The number of rotatable bonds is 4. The Morgan fingerprint density at radius 1 is 1.04 bits per heavy atom. The molecule has 1 heterocycles. The van der Waals surface area contributed by atoms with Gasteiger partial charge >= 0.3 is 0 Å². The summed E-state index contributed by atoms with van der Waals surface area (Å²) in [6.45, 7) is 2.00. The number of hydrogen-bond donors (Lipinski definition) is 0. The summed E-state index contributed by atoms with van der Waals surface area (Å²) < 4.78 is 5.11. The highest BCUT2D eigenvalue weighted by molar-refractivity contribution is 6.21. The maximum absolute atomic E-state index is 12.8. The molecule has 3 rings (SSSR count). The van der Waals surface area contributed by atoms with Crippen molar-refractivity contribution in [3.05, 3.63) is 60.2 Å². The van der Waals surface area contributed by atoms with E-state index < -0.39 is 0 Å². The lowest BCUT2D eigenvalue weighted by Gasteiger charge is -2.19. The molecule has 118 valence electrons. The van der Waals surface area contributed by atoms with E-state index in [0.717, 1.165) is 5.56 Å². The molecule has 0 aliphatic carbocycles. The summed E-state index contributed by atoms with van der Waals surface area (Å²) in [6, 6.07) is 16.8. The number of hydrogen-bond acceptors (Lipinski definition) is 3. The van der Waals surface area contributed by atoms with Crippen molar-refractivity contribution < 1.29 is 14.3 Å². The number of ether oxygens (including phenoxy) is 1. The molecule has 0 N–H and O–H groups in total. The van der Waals surface area contributed by atoms with Gasteiger partial charge in [0.15, 0.2) is 0 Å². The first-order chi connectivity index (χ1) is 11.1. The van der Waals surface area contributed by atoms with Gasteiger partial charge in [0.1, 0.15) is 5.75 Å². The Kier molecular flexibility index (Phi) is 4.15. The minimum atomic E-state index is -0.313. The Bertz CT molecular complexity index is 709. The molecule has 2 amide bonds. The van der Waals surface area contributed by atoms with Crippen LogP contribution in [0.2, 0.25) is 0 Å².